The van der Waals surface area contributed by atoms with Crippen LogP contribution in [0.1, 0.15) is 75.6 Å². The molecule has 0 amide bonds. The van der Waals surface area contributed by atoms with E-state index in [0.717, 1.165) is 51.0 Å². The third kappa shape index (κ3) is 7.14. The van der Waals surface area contributed by atoms with E-state index < -0.39 is 0 Å². The van der Waals surface area contributed by atoms with E-state index in [1.807, 2.05) is 38.8 Å². The molecule has 43 heavy (non-hydrogen) atoms. The number of hydrogen-bond acceptors (Lipinski definition) is 5. The van der Waals surface area contributed by atoms with Crippen LogP contribution in [-0.4, -0.2) is 52.2 Å². The minimum Gasteiger partial charge on any atom is -0.352 e. The molecule has 0 spiro atoms. The normalized spacial score (nSPS) is 15.5. The topological polar surface area (TPSA) is 57.2 Å². The van der Waals surface area contributed by atoms with Crippen molar-refractivity contribution in [3.63, 3.8) is 0 Å². The third-order valence-electron chi connectivity index (χ3n) is 8.26. The second-order valence-electron chi connectivity index (χ2n) is 12.6. The molecule has 0 radical (unpaired) electrons. The molecule has 4 aromatic rings. The Morgan fingerprint density at radius 3 is 2.53 bits per heavy atom. The summed E-state index contributed by atoms with van der Waals surface area (Å²) in [5, 5.41) is 1.15. The Kier molecular flexibility index (Phi) is 9.58. The first-order chi connectivity index (χ1) is 20.7. The fourth-order valence-electron chi connectivity index (χ4n) is 5.90. The number of fused-ring (bicyclic) bond motifs is 1. The number of thiophene rings is 1. The number of likely N-dealkylation sites (tertiary alicyclic amines) is 1. The van der Waals surface area contributed by atoms with Crippen molar-refractivity contribution >= 4 is 39.1 Å². The highest BCUT2D eigenvalue weighted by molar-refractivity contribution is 7.16. The van der Waals surface area contributed by atoms with E-state index in [2.05, 4.69) is 90.5 Å². The number of pyridine rings is 2. The molecule has 1 aliphatic rings. The lowest BCUT2D eigenvalue weighted by molar-refractivity contribution is 0.334. The molecule has 4 aromatic heterocycles. The highest BCUT2D eigenvalue weighted by Gasteiger charge is 2.25. The van der Waals surface area contributed by atoms with Gasteiger partial charge in [0.1, 0.15) is 0 Å². The zero-order valence-electron chi connectivity index (χ0n) is 26.6. The van der Waals surface area contributed by atoms with Crippen LogP contribution < -0.4 is 0 Å². The van der Waals surface area contributed by atoms with Crippen LogP contribution in [0.25, 0.3) is 32.5 Å². The number of nitrogens with zero attached hydrogens (tertiary/aromatic N) is 4. The lowest BCUT2D eigenvalue weighted by Gasteiger charge is -2.25. The van der Waals surface area contributed by atoms with Gasteiger partial charge in [-0.3, -0.25) is 15.0 Å². The molecule has 0 bridgehead atoms. The van der Waals surface area contributed by atoms with Crippen LogP contribution in [0.2, 0.25) is 0 Å². The van der Waals surface area contributed by atoms with Gasteiger partial charge in [0, 0.05) is 46.3 Å². The lowest BCUT2D eigenvalue weighted by atomic mass is 9.80. The summed E-state index contributed by atoms with van der Waals surface area (Å²) < 4.78 is 0. The summed E-state index contributed by atoms with van der Waals surface area (Å²) >= 11 is 1.75. The van der Waals surface area contributed by atoms with Crippen molar-refractivity contribution in [3.05, 3.63) is 95.1 Å². The Hall–Kier alpha value is -3.61. The zero-order chi connectivity index (χ0) is 30.6. The summed E-state index contributed by atoms with van der Waals surface area (Å²) in [5.74, 6) is 0. The Morgan fingerprint density at radius 1 is 1.09 bits per heavy atom. The van der Waals surface area contributed by atoms with Crippen molar-refractivity contribution in [1.29, 1.82) is 0 Å². The van der Waals surface area contributed by atoms with E-state index in [1.54, 1.807) is 11.3 Å². The fraction of sp³-hybridized carbons (Fsp3) is 0.378. The molecule has 0 aliphatic carbocycles. The zero-order valence-corrected chi connectivity index (χ0v) is 27.4. The maximum absolute atomic E-state index is 4.87. The fourth-order valence-corrected chi connectivity index (χ4v) is 6.85. The number of hydrogen-bond donors (Lipinski definition) is 1. The van der Waals surface area contributed by atoms with E-state index in [4.69, 9.17) is 4.99 Å². The SMILES string of the molecule is C=C(C)c1ccc(-c2cncc3[nH]c(C(=NC)/C(=C/C(=C\C)c4cncc(CCCN5CCCC5)c4)C(C)(C)C)cc23)s1. The monoisotopic (exact) mass is 591 g/mol. The first-order valence-corrected chi connectivity index (χ1v) is 16.2. The predicted molar refractivity (Wildman–Crippen MR) is 186 cm³/mol. The van der Waals surface area contributed by atoms with Crippen molar-refractivity contribution in [2.45, 2.75) is 60.3 Å². The Bertz CT molecular complexity index is 1690. The third-order valence-corrected chi connectivity index (χ3v) is 9.54. The molecular weight excluding hydrogens is 547 g/mol. The van der Waals surface area contributed by atoms with Crippen LogP contribution in [0.15, 0.2) is 78.3 Å². The van der Waals surface area contributed by atoms with E-state index in [-0.39, 0.29) is 5.41 Å². The number of allylic oxidation sites excluding steroid dienone is 5. The van der Waals surface area contributed by atoms with Gasteiger partial charge in [-0.15, -0.1) is 11.3 Å². The maximum Gasteiger partial charge on any atom is 0.0843 e. The quantitative estimate of drug-likeness (QED) is 0.148. The van der Waals surface area contributed by atoms with Crippen LogP contribution in [0.4, 0.5) is 0 Å². The molecule has 224 valence electrons. The highest BCUT2D eigenvalue weighted by Crippen LogP contribution is 2.37. The summed E-state index contributed by atoms with van der Waals surface area (Å²) in [6.07, 6.45) is 17.3. The van der Waals surface area contributed by atoms with Gasteiger partial charge in [0.05, 0.1) is 23.1 Å². The standard InChI is InChI=1S/C37H45N5S/c1-8-27(28-18-26(21-39-22-28)12-11-17-42-15-9-10-16-42)19-31(37(4,5)6)36(38-7)32-20-29-30(23-40-24-33(29)41-32)35-14-13-34(43-35)25(2)3/h8,13-14,18-24,41H,2,9-12,15-17H2,1,3-7H3/b27-8+,31-19-,38-36?. The van der Waals surface area contributed by atoms with Gasteiger partial charge in [-0.05, 0) is 123 Å². The van der Waals surface area contributed by atoms with Crippen LogP contribution in [-0.2, 0) is 6.42 Å². The highest BCUT2D eigenvalue weighted by atomic mass is 32.1. The molecule has 6 heteroatoms. The molecule has 5 nitrogen and oxygen atoms in total. The molecule has 1 fully saturated rings. The minimum absolute atomic E-state index is 0.146. The number of aromatic nitrogens is 3. The van der Waals surface area contributed by atoms with Gasteiger partial charge in [-0.2, -0.15) is 0 Å². The Labute approximate surface area is 261 Å². The van der Waals surface area contributed by atoms with Gasteiger partial charge >= 0.3 is 0 Å². The smallest absolute Gasteiger partial charge is 0.0843 e. The van der Waals surface area contributed by atoms with Crippen molar-refractivity contribution in [2.24, 2.45) is 10.4 Å². The maximum atomic E-state index is 4.87. The molecule has 0 unspecified atom stereocenters. The van der Waals surface area contributed by atoms with Crippen molar-refractivity contribution in [2.75, 3.05) is 26.7 Å². The van der Waals surface area contributed by atoms with Crippen LogP contribution in [0, 0.1) is 5.41 Å². The van der Waals surface area contributed by atoms with E-state index in [0.29, 0.717) is 0 Å². The molecule has 0 aromatic carbocycles. The number of aliphatic imine (C=N–C) groups is 1. The number of H-pyrrole nitrogens is 1. The van der Waals surface area contributed by atoms with E-state index >= 15 is 0 Å². The van der Waals surface area contributed by atoms with E-state index in [9.17, 15) is 0 Å². The summed E-state index contributed by atoms with van der Waals surface area (Å²) in [5.41, 5.74) is 9.78. The van der Waals surface area contributed by atoms with Gasteiger partial charge in [0.25, 0.3) is 0 Å². The number of nitrogens with one attached hydrogen (secondary N) is 1. The van der Waals surface area contributed by atoms with Gasteiger partial charge < -0.3 is 9.88 Å². The second kappa shape index (κ2) is 13.4. The van der Waals surface area contributed by atoms with Gasteiger partial charge in [-0.1, -0.05) is 33.4 Å². The van der Waals surface area contributed by atoms with Gasteiger partial charge in [-0.25, -0.2) is 0 Å². The first-order valence-electron chi connectivity index (χ1n) is 15.4. The van der Waals surface area contributed by atoms with Crippen molar-refractivity contribution in [3.8, 4) is 10.4 Å². The van der Waals surface area contributed by atoms with Crippen molar-refractivity contribution in [1.82, 2.24) is 19.9 Å². The molecule has 0 atom stereocenters. The van der Waals surface area contributed by atoms with Crippen LogP contribution >= 0.6 is 11.3 Å². The summed E-state index contributed by atoms with van der Waals surface area (Å²) in [4.78, 5) is 22.7. The molecule has 1 aliphatic heterocycles. The van der Waals surface area contributed by atoms with Crippen molar-refractivity contribution < 1.29 is 0 Å². The first kappa shape index (κ1) is 30.8. The molecule has 0 saturated carbocycles. The Morgan fingerprint density at radius 2 is 1.86 bits per heavy atom. The molecular formula is C37H45N5S. The number of aryl methyl sites for hydroxylation is 1. The largest absolute Gasteiger partial charge is 0.352 e. The average molecular weight is 592 g/mol. The minimum atomic E-state index is -0.146. The molecule has 5 rings (SSSR count). The van der Waals surface area contributed by atoms with E-state index in [1.165, 1.54) is 59.8 Å². The summed E-state index contributed by atoms with van der Waals surface area (Å²) in [6, 6.07) is 8.85. The van der Waals surface area contributed by atoms with Crippen LogP contribution in [0.5, 0.6) is 0 Å². The second-order valence-corrected chi connectivity index (χ2v) is 13.7. The summed E-state index contributed by atoms with van der Waals surface area (Å²) in [7, 11) is 1.88. The van der Waals surface area contributed by atoms with Crippen LogP contribution in [0.3, 0.4) is 0 Å². The molecule has 1 saturated heterocycles. The predicted octanol–water partition coefficient (Wildman–Crippen LogP) is 9.24. The number of rotatable bonds is 10. The molecule has 1 N–H and O–H groups in total. The number of aromatic amines is 1. The Balaban J connectivity index is 1.46. The average Bonchev–Trinajstić information content (AvgIpc) is 3.76. The lowest BCUT2D eigenvalue weighted by Crippen LogP contribution is -2.20. The van der Waals surface area contributed by atoms with Gasteiger partial charge in [0.15, 0.2) is 0 Å². The molecule has 5 heterocycles. The summed E-state index contributed by atoms with van der Waals surface area (Å²) in [6.45, 7) is 18.7. The van der Waals surface area contributed by atoms with Gasteiger partial charge in [0.2, 0.25) is 0 Å².